The van der Waals surface area contributed by atoms with Crippen molar-refractivity contribution in [1.29, 1.82) is 0 Å². The van der Waals surface area contributed by atoms with Gasteiger partial charge >= 0.3 is 6.03 Å². The zero-order chi connectivity index (χ0) is 20.1. The van der Waals surface area contributed by atoms with Gasteiger partial charge in [0, 0.05) is 44.5 Å². The van der Waals surface area contributed by atoms with E-state index in [0.717, 1.165) is 0 Å². The van der Waals surface area contributed by atoms with Crippen LogP contribution in [0.15, 0.2) is 48.5 Å². The van der Waals surface area contributed by atoms with Crippen molar-refractivity contribution in [1.82, 2.24) is 15.1 Å². The Morgan fingerprint density at radius 3 is 2.18 bits per heavy atom. The summed E-state index contributed by atoms with van der Waals surface area (Å²) in [6.45, 7) is 1.82. The van der Waals surface area contributed by atoms with Gasteiger partial charge in [-0.05, 0) is 30.3 Å². The molecule has 3 rings (SSSR count). The Balaban J connectivity index is 1.56. The van der Waals surface area contributed by atoms with Crippen LogP contribution in [0.25, 0.3) is 0 Å². The van der Waals surface area contributed by atoms with Crippen LogP contribution in [0, 0.1) is 0 Å². The molecular formula is C20H21ClN4O3. The first kappa shape index (κ1) is 19.7. The molecule has 1 aliphatic rings. The molecule has 0 atom stereocenters. The number of hydrogen-bond donors (Lipinski definition) is 2. The van der Waals surface area contributed by atoms with Crippen LogP contribution in [-0.2, 0) is 0 Å². The van der Waals surface area contributed by atoms with Gasteiger partial charge in [0.25, 0.3) is 11.8 Å². The van der Waals surface area contributed by atoms with Crippen molar-refractivity contribution in [3.8, 4) is 0 Å². The predicted molar refractivity (Wildman–Crippen MR) is 108 cm³/mol. The van der Waals surface area contributed by atoms with Crippen molar-refractivity contribution >= 4 is 35.1 Å². The van der Waals surface area contributed by atoms with E-state index in [4.69, 9.17) is 11.6 Å². The Hall–Kier alpha value is -3.06. The first-order chi connectivity index (χ1) is 13.5. The van der Waals surface area contributed by atoms with Crippen LogP contribution in [0.4, 0.5) is 10.5 Å². The fourth-order valence-electron chi connectivity index (χ4n) is 2.99. The van der Waals surface area contributed by atoms with E-state index in [2.05, 4.69) is 10.6 Å². The molecule has 28 heavy (non-hydrogen) atoms. The van der Waals surface area contributed by atoms with Gasteiger partial charge in [-0.15, -0.1) is 0 Å². The normalized spacial score (nSPS) is 13.8. The molecule has 146 valence electrons. The molecule has 1 aliphatic heterocycles. The number of nitrogens with one attached hydrogen (secondary N) is 2. The van der Waals surface area contributed by atoms with E-state index in [1.807, 2.05) is 18.2 Å². The van der Waals surface area contributed by atoms with Gasteiger partial charge in [0.05, 0.1) is 10.6 Å². The highest BCUT2D eigenvalue weighted by Gasteiger charge is 2.25. The largest absolute Gasteiger partial charge is 0.355 e. The number of amides is 4. The lowest BCUT2D eigenvalue weighted by Gasteiger charge is -2.34. The minimum atomic E-state index is -0.290. The van der Waals surface area contributed by atoms with Gasteiger partial charge in [0.2, 0.25) is 0 Å². The van der Waals surface area contributed by atoms with Crippen molar-refractivity contribution in [3.05, 3.63) is 64.7 Å². The monoisotopic (exact) mass is 400 g/mol. The highest BCUT2D eigenvalue weighted by molar-refractivity contribution is 6.34. The van der Waals surface area contributed by atoms with E-state index in [1.54, 1.807) is 40.1 Å². The van der Waals surface area contributed by atoms with Gasteiger partial charge in [0.15, 0.2) is 0 Å². The Bertz CT molecular complexity index is 880. The number of benzene rings is 2. The third-order valence-electron chi connectivity index (χ3n) is 4.57. The summed E-state index contributed by atoms with van der Waals surface area (Å²) in [5.74, 6) is -0.320. The number of anilines is 1. The van der Waals surface area contributed by atoms with Crippen LogP contribution in [-0.4, -0.2) is 60.9 Å². The van der Waals surface area contributed by atoms with Crippen LogP contribution in [0.1, 0.15) is 20.7 Å². The minimum Gasteiger partial charge on any atom is -0.355 e. The standard InChI is InChI=1S/C20H21ClN4O3/c1-22-18(26)16-8-7-15(13-17(16)21)23-20(28)25-11-9-24(10-12-25)19(27)14-5-3-2-4-6-14/h2-8,13H,9-12H2,1H3,(H,22,26)(H,23,28). The first-order valence-corrected chi connectivity index (χ1v) is 9.29. The summed E-state index contributed by atoms with van der Waals surface area (Å²) in [6.07, 6.45) is 0. The van der Waals surface area contributed by atoms with Crippen LogP contribution >= 0.6 is 11.6 Å². The summed E-state index contributed by atoms with van der Waals surface area (Å²) in [5, 5.41) is 5.55. The molecule has 1 saturated heterocycles. The SMILES string of the molecule is CNC(=O)c1ccc(NC(=O)N2CCN(C(=O)c3ccccc3)CC2)cc1Cl. The summed E-state index contributed by atoms with van der Waals surface area (Å²) in [4.78, 5) is 40.0. The fourth-order valence-corrected chi connectivity index (χ4v) is 3.26. The molecule has 7 nitrogen and oxygen atoms in total. The summed E-state index contributed by atoms with van der Waals surface area (Å²) in [6, 6.07) is 13.6. The number of urea groups is 1. The molecule has 2 aromatic carbocycles. The average molecular weight is 401 g/mol. The maximum Gasteiger partial charge on any atom is 0.321 e. The van der Waals surface area contributed by atoms with Gasteiger partial charge in [-0.25, -0.2) is 4.79 Å². The second-order valence-corrected chi connectivity index (χ2v) is 6.76. The van der Waals surface area contributed by atoms with Crippen molar-refractivity contribution < 1.29 is 14.4 Å². The second kappa shape index (κ2) is 8.75. The lowest BCUT2D eigenvalue weighted by atomic mass is 10.2. The lowest BCUT2D eigenvalue weighted by Crippen LogP contribution is -2.51. The van der Waals surface area contributed by atoms with Gasteiger partial charge in [0.1, 0.15) is 0 Å². The molecule has 0 aliphatic carbocycles. The van der Waals surface area contributed by atoms with Crippen LogP contribution < -0.4 is 10.6 Å². The zero-order valence-electron chi connectivity index (χ0n) is 15.4. The smallest absolute Gasteiger partial charge is 0.321 e. The van der Waals surface area contributed by atoms with Gasteiger partial charge in [-0.3, -0.25) is 9.59 Å². The fraction of sp³-hybridized carbons (Fsp3) is 0.250. The van der Waals surface area contributed by atoms with Crippen LogP contribution in [0.5, 0.6) is 0 Å². The molecule has 2 aromatic rings. The Kier molecular flexibility index (Phi) is 6.16. The molecule has 0 unspecified atom stereocenters. The molecule has 1 fully saturated rings. The van der Waals surface area contributed by atoms with Crippen molar-refractivity contribution in [2.75, 3.05) is 38.5 Å². The average Bonchev–Trinajstić information content (AvgIpc) is 2.73. The molecule has 0 radical (unpaired) electrons. The number of carbonyl (C=O) groups is 3. The Morgan fingerprint density at radius 1 is 0.929 bits per heavy atom. The molecule has 4 amide bonds. The van der Waals surface area contributed by atoms with Gasteiger partial charge in [-0.1, -0.05) is 29.8 Å². The molecular weight excluding hydrogens is 380 g/mol. The third-order valence-corrected chi connectivity index (χ3v) is 4.88. The predicted octanol–water partition coefficient (Wildman–Crippen LogP) is 2.69. The highest BCUT2D eigenvalue weighted by Crippen LogP contribution is 2.21. The highest BCUT2D eigenvalue weighted by atomic mass is 35.5. The van der Waals surface area contributed by atoms with E-state index >= 15 is 0 Å². The van der Waals surface area contributed by atoms with E-state index in [9.17, 15) is 14.4 Å². The Labute approximate surface area is 168 Å². The number of rotatable bonds is 3. The summed E-state index contributed by atoms with van der Waals surface area (Å²) < 4.78 is 0. The van der Waals surface area contributed by atoms with E-state index in [-0.39, 0.29) is 22.9 Å². The van der Waals surface area contributed by atoms with Crippen LogP contribution in [0.3, 0.4) is 0 Å². The first-order valence-electron chi connectivity index (χ1n) is 8.91. The zero-order valence-corrected chi connectivity index (χ0v) is 16.2. The number of halogens is 1. The summed E-state index contributed by atoms with van der Waals surface area (Å²) in [5.41, 5.74) is 1.49. The second-order valence-electron chi connectivity index (χ2n) is 6.35. The topological polar surface area (TPSA) is 81.8 Å². The number of piperazine rings is 1. The third kappa shape index (κ3) is 4.43. The van der Waals surface area contributed by atoms with E-state index in [1.165, 1.54) is 7.05 Å². The molecule has 0 spiro atoms. The minimum absolute atomic E-state index is 0.0303. The maximum atomic E-state index is 12.5. The quantitative estimate of drug-likeness (QED) is 0.831. The summed E-state index contributed by atoms with van der Waals surface area (Å²) in [7, 11) is 1.52. The molecule has 0 saturated carbocycles. The van der Waals surface area contributed by atoms with Crippen LogP contribution in [0.2, 0.25) is 5.02 Å². The van der Waals surface area contributed by atoms with Crippen molar-refractivity contribution in [3.63, 3.8) is 0 Å². The van der Waals surface area contributed by atoms with Gasteiger partial charge < -0.3 is 20.4 Å². The molecule has 0 bridgehead atoms. The maximum absolute atomic E-state index is 12.5. The molecule has 1 heterocycles. The molecule has 8 heteroatoms. The lowest BCUT2D eigenvalue weighted by molar-refractivity contribution is 0.0671. The number of hydrogen-bond acceptors (Lipinski definition) is 3. The molecule has 2 N–H and O–H groups in total. The van der Waals surface area contributed by atoms with Crippen molar-refractivity contribution in [2.45, 2.75) is 0 Å². The van der Waals surface area contributed by atoms with E-state index < -0.39 is 0 Å². The Morgan fingerprint density at radius 2 is 1.57 bits per heavy atom. The number of carbonyl (C=O) groups excluding carboxylic acids is 3. The van der Waals surface area contributed by atoms with Gasteiger partial charge in [-0.2, -0.15) is 0 Å². The van der Waals surface area contributed by atoms with E-state index in [0.29, 0.717) is 43.0 Å². The number of nitrogens with zero attached hydrogens (tertiary/aromatic N) is 2. The molecule has 0 aromatic heterocycles. The van der Waals surface area contributed by atoms with Crippen molar-refractivity contribution in [2.24, 2.45) is 0 Å². The summed E-state index contributed by atoms with van der Waals surface area (Å²) >= 11 is 6.11.